The number of para-hydroxylation sites is 1. The quantitative estimate of drug-likeness (QED) is 0.579. The average molecular weight is 313 g/mol. The van der Waals surface area contributed by atoms with E-state index in [1.807, 2.05) is 43.3 Å². The second-order valence-electron chi connectivity index (χ2n) is 4.63. The number of primary amides is 1. The summed E-state index contributed by atoms with van der Waals surface area (Å²) < 4.78 is 10.8. The van der Waals surface area contributed by atoms with Gasteiger partial charge in [-0.3, -0.25) is 10.2 Å². The van der Waals surface area contributed by atoms with Crippen LogP contribution in [0.5, 0.6) is 11.5 Å². The highest BCUT2D eigenvalue weighted by Gasteiger charge is 2.07. The van der Waals surface area contributed by atoms with Gasteiger partial charge in [-0.15, -0.1) is 0 Å². The Balaban J connectivity index is 2.07. The van der Waals surface area contributed by atoms with Crippen molar-refractivity contribution in [3.8, 4) is 11.5 Å². The van der Waals surface area contributed by atoms with Crippen LogP contribution in [0.25, 0.3) is 0 Å². The Kier molecular flexibility index (Phi) is 5.99. The molecule has 0 aliphatic heterocycles. The first kappa shape index (κ1) is 16.4. The molecule has 120 valence electrons. The van der Waals surface area contributed by atoms with Crippen molar-refractivity contribution in [3.63, 3.8) is 0 Å². The van der Waals surface area contributed by atoms with Crippen LogP contribution in [0.4, 0.5) is 5.69 Å². The van der Waals surface area contributed by atoms with Crippen molar-refractivity contribution >= 4 is 17.8 Å². The second kappa shape index (κ2) is 8.43. The maximum absolute atomic E-state index is 10.8. The molecule has 0 aromatic heterocycles. The topological polar surface area (TPSA) is 85.9 Å². The van der Waals surface area contributed by atoms with Crippen molar-refractivity contribution in [1.82, 2.24) is 0 Å². The van der Waals surface area contributed by atoms with Gasteiger partial charge in [0.25, 0.3) is 5.91 Å². The van der Waals surface area contributed by atoms with E-state index in [1.165, 1.54) is 0 Å². The summed E-state index contributed by atoms with van der Waals surface area (Å²) in [6, 6.07) is 15.0. The lowest BCUT2D eigenvalue weighted by atomic mass is 10.2. The largest absolute Gasteiger partial charge is 0.490 e. The third-order valence-corrected chi connectivity index (χ3v) is 2.82. The number of rotatable bonds is 8. The molecule has 0 atom stereocenters. The van der Waals surface area contributed by atoms with E-state index in [2.05, 4.69) is 10.5 Å². The number of carbonyl (C=O) groups is 1. The number of hydrogen-bond acceptors (Lipinski definition) is 5. The van der Waals surface area contributed by atoms with Gasteiger partial charge in [0.1, 0.15) is 0 Å². The highest BCUT2D eigenvalue weighted by molar-refractivity contribution is 5.81. The van der Waals surface area contributed by atoms with Crippen molar-refractivity contribution in [2.45, 2.75) is 6.92 Å². The van der Waals surface area contributed by atoms with Crippen molar-refractivity contribution in [2.75, 3.05) is 18.6 Å². The molecule has 0 saturated heterocycles. The molecule has 0 spiro atoms. The van der Waals surface area contributed by atoms with Crippen LogP contribution in [0, 0.1) is 0 Å². The minimum atomic E-state index is -0.537. The fourth-order valence-electron chi connectivity index (χ4n) is 1.84. The number of nitrogens with zero attached hydrogens (tertiary/aromatic N) is 1. The first-order valence-corrected chi connectivity index (χ1v) is 7.21. The predicted octanol–water partition coefficient (Wildman–Crippen LogP) is 2.40. The van der Waals surface area contributed by atoms with Crippen molar-refractivity contribution < 1.29 is 14.3 Å². The molecule has 1 amide bonds. The number of amides is 1. The van der Waals surface area contributed by atoms with Crippen LogP contribution >= 0.6 is 0 Å². The Bertz CT molecular complexity index is 672. The summed E-state index contributed by atoms with van der Waals surface area (Å²) in [7, 11) is 0. The first-order valence-electron chi connectivity index (χ1n) is 7.21. The third kappa shape index (κ3) is 5.35. The highest BCUT2D eigenvalue weighted by Crippen LogP contribution is 2.28. The summed E-state index contributed by atoms with van der Waals surface area (Å²) in [5.41, 5.74) is 9.75. The third-order valence-electron chi connectivity index (χ3n) is 2.82. The zero-order valence-corrected chi connectivity index (χ0v) is 12.9. The van der Waals surface area contributed by atoms with Gasteiger partial charge >= 0.3 is 0 Å². The lowest BCUT2D eigenvalue weighted by Crippen LogP contribution is -2.20. The van der Waals surface area contributed by atoms with Crippen LogP contribution in [0.15, 0.2) is 53.6 Å². The number of nitrogens with two attached hydrogens (primary N) is 1. The van der Waals surface area contributed by atoms with Gasteiger partial charge < -0.3 is 15.2 Å². The van der Waals surface area contributed by atoms with Gasteiger partial charge in [-0.25, -0.2) is 0 Å². The van der Waals surface area contributed by atoms with E-state index < -0.39 is 5.91 Å². The molecular weight excluding hydrogens is 294 g/mol. The Morgan fingerprint density at radius 3 is 2.65 bits per heavy atom. The fraction of sp³-hybridized carbons (Fsp3) is 0.176. The molecule has 6 heteroatoms. The molecule has 0 unspecified atom stereocenters. The Labute approximate surface area is 134 Å². The highest BCUT2D eigenvalue weighted by atomic mass is 16.5. The van der Waals surface area contributed by atoms with E-state index in [0.717, 1.165) is 11.3 Å². The fourth-order valence-corrected chi connectivity index (χ4v) is 1.84. The number of carbonyl (C=O) groups excluding carboxylic acids is 1. The van der Waals surface area contributed by atoms with Crippen molar-refractivity contribution in [3.05, 3.63) is 54.1 Å². The van der Waals surface area contributed by atoms with Gasteiger partial charge in [-0.2, -0.15) is 5.10 Å². The Morgan fingerprint density at radius 2 is 1.96 bits per heavy atom. The molecule has 0 heterocycles. The predicted molar refractivity (Wildman–Crippen MR) is 90.0 cm³/mol. The number of hydrazone groups is 1. The van der Waals surface area contributed by atoms with Gasteiger partial charge in [0.2, 0.25) is 0 Å². The molecule has 3 N–H and O–H groups in total. The molecule has 0 radical (unpaired) electrons. The monoisotopic (exact) mass is 313 g/mol. The van der Waals surface area contributed by atoms with Crippen LogP contribution in [0.1, 0.15) is 12.5 Å². The summed E-state index contributed by atoms with van der Waals surface area (Å²) in [5, 5.41) is 4.17. The number of benzene rings is 2. The van der Waals surface area contributed by atoms with E-state index in [0.29, 0.717) is 18.1 Å². The molecule has 23 heavy (non-hydrogen) atoms. The molecule has 2 aromatic carbocycles. The van der Waals surface area contributed by atoms with E-state index in [4.69, 9.17) is 15.2 Å². The normalized spacial score (nSPS) is 10.5. The lowest BCUT2D eigenvalue weighted by molar-refractivity contribution is -0.119. The number of ether oxygens (including phenoxy) is 2. The zero-order chi connectivity index (χ0) is 16.5. The maximum Gasteiger partial charge on any atom is 0.255 e. The summed E-state index contributed by atoms with van der Waals surface area (Å²) >= 11 is 0. The van der Waals surface area contributed by atoms with Gasteiger partial charge in [0, 0.05) is 0 Å². The van der Waals surface area contributed by atoms with E-state index in [-0.39, 0.29) is 6.61 Å². The van der Waals surface area contributed by atoms with Gasteiger partial charge in [-0.1, -0.05) is 18.2 Å². The van der Waals surface area contributed by atoms with Crippen molar-refractivity contribution in [2.24, 2.45) is 10.8 Å². The summed E-state index contributed by atoms with van der Waals surface area (Å²) in [6.45, 7) is 2.16. The number of hydrogen-bond donors (Lipinski definition) is 2. The van der Waals surface area contributed by atoms with Crippen LogP contribution in [-0.4, -0.2) is 25.3 Å². The van der Waals surface area contributed by atoms with Gasteiger partial charge in [0.05, 0.1) is 18.5 Å². The summed E-state index contributed by atoms with van der Waals surface area (Å²) in [6.07, 6.45) is 1.67. The minimum Gasteiger partial charge on any atom is -0.490 e. The lowest BCUT2D eigenvalue weighted by Gasteiger charge is -2.11. The SMILES string of the molecule is CCOc1cc(C=NNc2ccccc2)ccc1OCC(N)=O. The summed E-state index contributed by atoms with van der Waals surface area (Å²) in [5.74, 6) is 0.473. The van der Waals surface area contributed by atoms with Crippen LogP contribution in [-0.2, 0) is 4.79 Å². The number of anilines is 1. The smallest absolute Gasteiger partial charge is 0.255 e. The molecule has 0 aliphatic carbocycles. The molecule has 2 aromatic rings. The van der Waals surface area contributed by atoms with E-state index >= 15 is 0 Å². The zero-order valence-electron chi connectivity index (χ0n) is 12.9. The molecule has 0 fully saturated rings. The summed E-state index contributed by atoms with van der Waals surface area (Å²) in [4.78, 5) is 10.8. The number of nitrogens with one attached hydrogen (secondary N) is 1. The maximum atomic E-state index is 10.8. The first-order chi connectivity index (χ1) is 11.2. The molecule has 0 aliphatic rings. The second-order valence-corrected chi connectivity index (χ2v) is 4.63. The molecule has 2 rings (SSSR count). The molecular formula is C17H19N3O3. The minimum absolute atomic E-state index is 0.191. The standard InChI is InChI=1S/C17H19N3O3/c1-2-22-16-10-13(8-9-15(16)23-12-17(18)21)11-19-20-14-6-4-3-5-7-14/h3-11,20H,2,12H2,1H3,(H2,18,21). The van der Waals surface area contributed by atoms with Crippen LogP contribution in [0.3, 0.4) is 0 Å². The van der Waals surface area contributed by atoms with E-state index in [1.54, 1.807) is 18.3 Å². The Morgan fingerprint density at radius 1 is 1.17 bits per heavy atom. The van der Waals surface area contributed by atoms with Crippen LogP contribution < -0.4 is 20.6 Å². The molecule has 0 bridgehead atoms. The van der Waals surface area contributed by atoms with Gasteiger partial charge in [0.15, 0.2) is 18.1 Å². The molecule has 0 saturated carbocycles. The average Bonchev–Trinajstić information content (AvgIpc) is 2.55. The van der Waals surface area contributed by atoms with E-state index in [9.17, 15) is 4.79 Å². The van der Waals surface area contributed by atoms with Gasteiger partial charge in [-0.05, 0) is 42.8 Å². The van der Waals surface area contributed by atoms with Crippen LogP contribution in [0.2, 0.25) is 0 Å². The Hall–Kier alpha value is -3.02. The molecule has 6 nitrogen and oxygen atoms in total. The van der Waals surface area contributed by atoms with Crippen molar-refractivity contribution in [1.29, 1.82) is 0 Å².